The average Bonchev–Trinajstić information content (AvgIpc) is 3.10. The molecule has 0 unspecified atom stereocenters. The van der Waals surface area contributed by atoms with E-state index in [-0.39, 0.29) is 11.7 Å². The first-order valence-electron chi connectivity index (χ1n) is 10.3. The molecule has 146 valence electrons. The molecule has 28 heavy (non-hydrogen) atoms. The van der Waals surface area contributed by atoms with E-state index in [9.17, 15) is 0 Å². The second kappa shape index (κ2) is 6.94. The third kappa shape index (κ3) is 3.11. The van der Waals surface area contributed by atoms with Gasteiger partial charge in [-0.05, 0) is 50.6 Å². The molecule has 0 bridgehead atoms. The van der Waals surface area contributed by atoms with Gasteiger partial charge in [-0.3, -0.25) is 4.90 Å². The zero-order valence-corrected chi connectivity index (χ0v) is 16.7. The molecule has 0 radical (unpaired) electrons. The highest BCUT2D eigenvalue weighted by Gasteiger charge is 2.44. The minimum Gasteiger partial charge on any atom is -0.492 e. The number of likely N-dealkylation sites (tertiary alicyclic amines) is 1. The lowest BCUT2D eigenvalue weighted by Gasteiger charge is -2.46. The highest BCUT2D eigenvalue weighted by Crippen LogP contribution is 2.47. The van der Waals surface area contributed by atoms with Crippen LogP contribution in [-0.4, -0.2) is 42.2 Å². The number of aromatic nitrogens is 1. The number of fused-ring (bicyclic) bond motifs is 5. The van der Waals surface area contributed by atoms with Crippen LogP contribution in [0.3, 0.4) is 0 Å². The molecule has 1 N–H and O–H groups in total. The fourth-order valence-corrected chi connectivity index (χ4v) is 4.90. The molecule has 5 rings (SSSR count). The highest BCUT2D eigenvalue weighted by atomic mass is 16.5. The van der Waals surface area contributed by atoms with E-state index in [2.05, 4.69) is 48.0 Å². The van der Waals surface area contributed by atoms with Crippen molar-refractivity contribution in [3.8, 4) is 5.75 Å². The van der Waals surface area contributed by atoms with Crippen LogP contribution in [-0.2, 0) is 10.3 Å². The maximum absolute atomic E-state index is 6.61. The third-order valence-electron chi connectivity index (χ3n) is 6.23. The van der Waals surface area contributed by atoms with E-state index in [1.807, 2.05) is 30.3 Å². The van der Waals surface area contributed by atoms with Crippen LogP contribution in [0.4, 0.5) is 0 Å². The quantitative estimate of drug-likeness (QED) is 0.719. The normalized spacial score (nSPS) is 23.9. The van der Waals surface area contributed by atoms with Gasteiger partial charge in [-0.15, -0.1) is 0 Å². The number of aromatic amines is 1. The van der Waals surface area contributed by atoms with Crippen molar-refractivity contribution in [2.75, 3.05) is 26.2 Å². The summed E-state index contributed by atoms with van der Waals surface area (Å²) in [6.07, 6.45) is 1.35. The van der Waals surface area contributed by atoms with E-state index in [1.165, 1.54) is 22.2 Å². The van der Waals surface area contributed by atoms with Gasteiger partial charge in [0.2, 0.25) is 0 Å². The molecule has 4 nitrogen and oxygen atoms in total. The summed E-state index contributed by atoms with van der Waals surface area (Å²) >= 11 is 0. The van der Waals surface area contributed by atoms with Gasteiger partial charge in [-0.2, -0.15) is 0 Å². The van der Waals surface area contributed by atoms with Crippen molar-refractivity contribution in [3.05, 3.63) is 65.9 Å². The van der Waals surface area contributed by atoms with Crippen LogP contribution in [0.25, 0.3) is 10.9 Å². The Morgan fingerprint density at radius 2 is 1.89 bits per heavy atom. The highest BCUT2D eigenvalue weighted by molar-refractivity contribution is 5.86. The van der Waals surface area contributed by atoms with Gasteiger partial charge in [0.1, 0.15) is 18.0 Å². The SMILES string of the molecule is CC1(C)O[C@H]2CN(CCOc3ccccc3)CC[C@@H]2c2c1[nH]c1ccccc21. The Hall–Kier alpha value is -2.30. The van der Waals surface area contributed by atoms with Crippen LogP contribution in [0, 0.1) is 0 Å². The maximum atomic E-state index is 6.61. The summed E-state index contributed by atoms with van der Waals surface area (Å²) in [7, 11) is 0. The summed E-state index contributed by atoms with van der Waals surface area (Å²) in [4.78, 5) is 6.13. The van der Waals surface area contributed by atoms with Crippen molar-refractivity contribution in [1.29, 1.82) is 0 Å². The Kier molecular flexibility index (Phi) is 4.41. The van der Waals surface area contributed by atoms with Gasteiger partial charge >= 0.3 is 0 Å². The predicted octanol–water partition coefficient (Wildman–Crippen LogP) is 4.67. The smallest absolute Gasteiger partial charge is 0.119 e. The Morgan fingerprint density at radius 3 is 2.75 bits per heavy atom. The molecule has 0 aliphatic carbocycles. The fraction of sp³-hybridized carbons (Fsp3) is 0.417. The number of nitrogens with one attached hydrogen (secondary N) is 1. The second-order valence-corrected chi connectivity index (χ2v) is 8.48. The van der Waals surface area contributed by atoms with Crippen LogP contribution < -0.4 is 4.74 Å². The Bertz CT molecular complexity index is 963. The van der Waals surface area contributed by atoms with Crippen LogP contribution in [0.2, 0.25) is 0 Å². The third-order valence-corrected chi connectivity index (χ3v) is 6.23. The molecule has 1 saturated heterocycles. The number of rotatable bonds is 4. The molecule has 0 spiro atoms. The van der Waals surface area contributed by atoms with Gasteiger partial charge in [0.15, 0.2) is 0 Å². The number of nitrogens with zero attached hydrogens (tertiary/aromatic N) is 1. The van der Waals surface area contributed by atoms with Crippen molar-refractivity contribution in [2.45, 2.75) is 37.9 Å². The zero-order valence-electron chi connectivity index (χ0n) is 16.7. The van der Waals surface area contributed by atoms with Gasteiger partial charge in [0.05, 0.1) is 11.8 Å². The Labute approximate surface area is 166 Å². The number of H-pyrrole nitrogens is 1. The first-order chi connectivity index (χ1) is 13.6. The van der Waals surface area contributed by atoms with E-state index in [0.717, 1.165) is 31.8 Å². The van der Waals surface area contributed by atoms with Crippen LogP contribution in [0.5, 0.6) is 5.75 Å². The summed E-state index contributed by atoms with van der Waals surface area (Å²) in [5.41, 5.74) is 3.68. The van der Waals surface area contributed by atoms with Gasteiger partial charge in [-0.25, -0.2) is 0 Å². The molecule has 0 amide bonds. The molecule has 0 saturated carbocycles. The molecular formula is C24H28N2O2. The van der Waals surface area contributed by atoms with Crippen molar-refractivity contribution >= 4 is 10.9 Å². The summed E-state index contributed by atoms with van der Waals surface area (Å²) in [6, 6.07) is 18.7. The lowest BCUT2D eigenvalue weighted by molar-refractivity contribution is -0.125. The van der Waals surface area contributed by atoms with Crippen molar-refractivity contribution in [1.82, 2.24) is 9.88 Å². The van der Waals surface area contributed by atoms with Crippen molar-refractivity contribution in [2.24, 2.45) is 0 Å². The Balaban J connectivity index is 1.32. The molecule has 2 atom stereocenters. The van der Waals surface area contributed by atoms with E-state index in [4.69, 9.17) is 9.47 Å². The number of piperidine rings is 1. The van der Waals surface area contributed by atoms with Crippen LogP contribution in [0.15, 0.2) is 54.6 Å². The standard InChI is InChI=1S/C24H28N2O2/c1-24(2)23-22(18-10-6-7-11-20(18)25-23)19-12-13-26(16-21(19)28-24)14-15-27-17-8-4-3-5-9-17/h3-11,19,21,25H,12-16H2,1-2H3/t19-,21-/m0/s1. The van der Waals surface area contributed by atoms with Crippen LogP contribution >= 0.6 is 0 Å². The van der Waals surface area contributed by atoms with E-state index in [0.29, 0.717) is 12.5 Å². The zero-order chi connectivity index (χ0) is 19.1. The van der Waals surface area contributed by atoms with E-state index < -0.39 is 0 Å². The van der Waals surface area contributed by atoms with Crippen molar-refractivity contribution < 1.29 is 9.47 Å². The molecule has 4 heteroatoms. The van der Waals surface area contributed by atoms with E-state index in [1.54, 1.807) is 0 Å². The van der Waals surface area contributed by atoms with Crippen LogP contribution in [0.1, 0.15) is 37.4 Å². The summed E-state index contributed by atoms with van der Waals surface area (Å²) < 4.78 is 12.5. The molecule has 2 aliphatic heterocycles. The lowest BCUT2D eigenvalue weighted by Crippen LogP contribution is -2.50. The topological polar surface area (TPSA) is 37.5 Å². The minimum absolute atomic E-state index is 0.229. The van der Waals surface area contributed by atoms with Gasteiger partial charge in [0, 0.05) is 29.9 Å². The number of hydrogen-bond acceptors (Lipinski definition) is 3. The predicted molar refractivity (Wildman–Crippen MR) is 112 cm³/mol. The van der Waals surface area contributed by atoms with Gasteiger partial charge < -0.3 is 14.5 Å². The molecule has 2 aliphatic rings. The molecule has 3 heterocycles. The Morgan fingerprint density at radius 1 is 1.11 bits per heavy atom. The van der Waals surface area contributed by atoms with Gasteiger partial charge in [0.25, 0.3) is 0 Å². The van der Waals surface area contributed by atoms with E-state index >= 15 is 0 Å². The fourth-order valence-electron chi connectivity index (χ4n) is 4.90. The number of para-hydroxylation sites is 2. The first-order valence-corrected chi connectivity index (χ1v) is 10.3. The molecule has 2 aromatic carbocycles. The maximum Gasteiger partial charge on any atom is 0.119 e. The summed E-state index contributed by atoms with van der Waals surface area (Å²) in [5.74, 6) is 1.40. The summed E-state index contributed by atoms with van der Waals surface area (Å²) in [6.45, 7) is 8.07. The second-order valence-electron chi connectivity index (χ2n) is 8.48. The monoisotopic (exact) mass is 376 g/mol. The first kappa shape index (κ1) is 17.8. The number of hydrogen-bond donors (Lipinski definition) is 1. The lowest BCUT2D eigenvalue weighted by atomic mass is 9.79. The van der Waals surface area contributed by atoms with Gasteiger partial charge in [-0.1, -0.05) is 36.4 Å². The van der Waals surface area contributed by atoms with Crippen molar-refractivity contribution in [3.63, 3.8) is 0 Å². The average molecular weight is 377 g/mol. The number of benzene rings is 2. The molecular weight excluding hydrogens is 348 g/mol. The number of ether oxygens (including phenoxy) is 2. The molecule has 1 aromatic heterocycles. The summed E-state index contributed by atoms with van der Waals surface area (Å²) in [5, 5.41) is 1.37. The largest absolute Gasteiger partial charge is 0.492 e. The molecule has 3 aromatic rings. The minimum atomic E-state index is -0.293. The molecule has 1 fully saturated rings.